The number of likely N-dealkylation sites (tertiary alicyclic amines) is 1. The number of hydrogen-bond donors (Lipinski definition) is 6. The van der Waals surface area contributed by atoms with Crippen LogP contribution in [0.1, 0.15) is 185 Å². The second kappa shape index (κ2) is 51.1. The molecular weight excluding hydrogens is 1620 g/mol. The van der Waals surface area contributed by atoms with Crippen molar-refractivity contribution in [2.45, 2.75) is 207 Å². The van der Waals surface area contributed by atoms with Crippen molar-refractivity contribution in [1.29, 1.82) is 0 Å². The third-order valence-corrected chi connectivity index (χ3v) is 26.6. The van der Waals surface area contributed by atoms with Crippen LogP contribution in [0.5, 0.6) is 23.0 Å². The summed E-state index contributed by atoms with van der Waals surface area (Å²) in [5.74, 6) is 7.21. The number of aromatic nitrogens is 8. The van der Waals surface area contributed by atoms with Crippen molar-refractivity contribution in [3.05, 3.63) is 311 Å². The molecule has 0 bridgehead atoms. The number of hydrogen-bond acceptors (Lipinski definition) is 19. The van der Waals surface area contributed by atoms with Crippen molar-refractivity contribution < 1.29 is 20.4 Å². The monoisotopic (exact) mass is 1760 g/mol. The Kier molecular flexibility index (Phi) is 37.5. The molecule has 12 aromatic rings. The fraction of sp³-hybridized carbons (Fsp3) is 0.429. The highest BCUT2D eigenvalue weighted by Gasteiger charge is 2.35. The highest BCUT2D eigenvalue weighted by molar-refractivity contribution is 5.63. The van der Waals surface area contributed by atoms with Crippen LogP contribution >= 0.6 is 0 Å². The van der Waals surface area contributed by atoms with E-state index in [-0.39, 0.29) is 0 Å². The summed E-state index contributed by atoms with van der Waals surface area (Å²) in [6.45, 7) is 24.6. The van der Waals surface area contributed by atoms with Gasteiger partial charge in [-0.25, -0.2) is 39.9 Å². The first-order valence-electron chi connectivity index (χ1n) is 49.0. The Hall–Kier alpha value is -11.0. The van der Waals surface area contributed by atoms with E-state index in [1.807, 2.05) is 104 Å². The van der Waals surface area contributed by atoms with Crippen LogP contribution in [0, 0.1) is 17.8 Å². The van der Waals surface area contributed by atoms with E-state index in [2.05, 4.69) is 180 Å². The molecule has 2 aliphatic carbocycles. The molecular formula is C112H141N15O4. The summed E-state index contributed by atoms with van der Waals surface area (Å²) in [6.07, 6.45) is 33.3. The summed E-state index contributed by atoms with van der Waals surface area (Å²) < 4.78 is 0. The van der Waals surface area contributed by atoms with E-state index in [1.54, 1.807) is 42.5 Å². The van der Waals surface area contributed by atoms with Crippen molar-refractivity contribution in [1.82, 2.24) is 75.0 Å². The van der Waals surface area contributed by atoms with Gasteiger partial charge in [-0.15, -0.1) is 0 Å². The molecule has 5 fully saturated rings. The van der Waals surface area contributed by atoms with Crippen LogP contribution in [0.2, 0.25) is 0 Å². The normalized spacial score (nSPS) is 16.0. The molecule has 2 atom stereocenters. The molecule has 0 amide bonds. The molecule has 3 aliphatic heterocycles. The second-order valence-corrected chi connectivity index (χ2v) is 37.0. The Morgan fingerprint density at radius 3 is 1.01 bits per heavy atom. The van der Waals surface area contributed by atoms with Crippen molar-refractivity contribution in [2.24, 2.45) is 17.8 Å². The van der Waals surface area contributed by atoms with E-state index in [9.17, 15) is 20.4 Å². The molecule has 19 nitrogen and oxygen atoms in total. The van der Waals surface area contributed by atoms with E-state index in [0.29, 0.717) is 29.0 Å². The van der Waals surface area contributed by atoms with Gasteiger partial charge in [0.2, 0.25) is 0 Å². The zero-order chi connectivity index (χ0) is 90.6. The molecule has 8 aromatic carbocycles. The van der Waals surface area contributed by atoms with Crippen molar-refractivity contribution in [3.63, 3.8) is 0 Å². The van der Waals surface area contributed by atoms with Gasteiger partial charge in [0.25, 0.3) is 0 Å². The number of benzene rings is 8. The lowest BCUT2D eigenvalue weighted by Crippen LogP contribution is -2.44. The molecule has 7 heterocycles. The van der Waals surface area contributed by atoms with Crippen molar-refractivity contribution >= 4 is 0 Å². The minimum absolute atomic E-state index is 0.310. The molecule has 0 spiro atoms. The van der Waals surface area contributed by atoms with Gasteiger partial charge in [-0.1, -0.05) is 155 Å². The number of aryl methyl sites for hydroxylation is 8. The maximum absolute atomic E-state index is 9.64. The molecule has 2 saturated carbocycles. The third-order valence-electron chi connectivity index (χ3n) is 26.6. The quantitative estimate of drug-likeness (QED) is 0.0211. The topological polar surface area (TPSA) is 224 Å². The minimum atomic E-state index is 0.310. The maximum atomic E-state index is 9.64. The SMILES string of the molecule is CCN(Cc1cccc(-c2ccnc(CCCc3ccc(O)cc3)n2)c1)CC1CCCC1.CCN(Cc1cccc(-c2ccnc(CCCc3ccc(O)cc3)n2)c1)C[C@H]1CCNC1.CCN(Cc1cccc(-c2ccnc(CCCc3cccc(O)c3)n2)c1)C[C@H]1CCCNC1.CN1CCC(N(Cc2cccc(-c3ccnc(CCCc4ccc(O)cc4)n3)c2)C2CC2)CC1. The van der Waals surface area contributed by atoms with Gasteiger partial charge in [-0.2, -0.15) is 0 Å². The van der Waals surface area contributed by atoms with Gasteiger partial charge in [0.1, 0.15) is 46.3 Å². The first-order chi connectivity index (χ1) is 64.2. The van der Waals surface area contributed by atoms with Crippen LogP contribution in [0.3, 0.4) is 0 Å². The van der Waals surface area contributed by atoms with Crippen LogP contribution in [0.4, 0.5) is 0 Å². The van der Waals surface area contributed by atoms with Gasteiger partial charge >= 0.3 is 0 Å². The standard InChI is InChI=1S/C29H36N4O.C28H36N4O.C28H35N3O.C27H34N4O/c1-32-18-15-26(16-19-32)33(25-10-11-25)21-23-5-2-6-24(20-23)28-14-17-30-29(31-28)7-3-4-22-8-12-27(34)13-9-22;1-2-32(21-24-10-6-15-29-19-24)20-23-9-3-11-25(17-23)27-14-16-30-28(31-27)13-5-8-22-7-4-12-26(33)18-22;1-2-31(20-23-7-3-4-8-23)21-24-10-5-11-25(19-24)27-17-18-29-28(30-27)12-6-9-22-13-15-26(32)16-14-22;1-2-31(20-23-13-15-28-18-23)19-22-6-3-7-24(17-22)26-14-16-29-27(30-26)8-4-5-21-9-11-25(32)12-10-21/h2,5-6,8-9,12-14,17,20,25-26,34H,3-4,7,10-11,15-16,18-19,21H2,1H3;3-4,7,9,11-12,14,16-18,24,29,33H,2,5-6,8,10,13,15,19-21H2,1H3;5,10-11,13-19,23,32H,2-4,6-9,12,20-21H2,1H3;3,6-7,9-12,14,16-17,23,28,32H,2,4-5,8,13,15,18-20H2,1H3/t;24-;;23-/m.0.0/s1. The van der Waals surface area contributed by atoms with Crippen LogP contribution in [-0.4, -0.2) is 182 Å². The minimum Gasteiger partial charge on any atom is -0.508 e. The van der Waals surface area contributed by atoms with E-state index < -0.39 is 0 Å². The lowest BCUT2D eigenvalue weighted by atomic mass is 9.98. The summed E-state index contributed by atoms with van der Waals surface area (Å²) >= 11 is 0. The zero-order valence-corrected chi connectivity index (χ0v) is 78.2. The molecule has 0 unspecified atom stereocenters. The molecule has 3 saturated heterocycles. The lowest BCUT2D eigenvalue weighted by molar-refractivity contribution is 0.107. The number of phenolic OH excluding ortho intramolecular Hbond substituents is 4. The highest BCUT2D eigenvalue weighted by atomic mass is 16.3. The number of piperidine rings is 2. The predicted octanol–water partition coefficient (Wildman–Crippen LogP) is 20.4. The third kappa shape index (κ3) is 31.9. The van der Waals surface area contributed by atoms with Crippen LogP contribution in [0.25, 0.3) is 45.0 Å². The number of nitrogens with zero attached hydrogens (tertiary/aromatic N) is 13. The Bertz CT molecular complexity index is 5220. The molecule has 688 valence electrons. The van der Waals surface area contributed by atoms with Crippen molar-refractivity contribution in [2.75, 3.05) is 85.6 Å². The first-order valence-corrected chi connectivity index (χ1v) is 49.0. The van der Waals surface area contributed by atoms with Crippen LogP contribution in [0.15, 0.2) is 243 Å². The Balaban J connectivity index is 0.000000141. The smallest absolute Gasteiger partial charge is 0.128 e. The predicted molar refractivity (Wildman–Crippen MR) is 531 cm³/mol. The summed E-state index contributed by atoms with van der Waals surface area (Å²) in [7, 11) is 2.24. The average Bonchev–Trinajstić information content (AvgIpc) is 1.79. The van der Waals surface area contributed by atoms with Gasteiger partial charge in [0.15, 0.2) is 0 Å². The van der Waals surface area contributed by atoms with Crippen molar-refractivity contribution in [3.8, 4) is 68.0 Å². The molecule has 0 radical (unpaired) electrons. The summed E-state index contributed by atoms with van der Waals surface area (Å²) in [5, 5.41) is 44.9. The number of nitrogens with one attached hydrogen (secondary N) is 2. The zero-order valence-electron chi connectivity index (χ0n) is 78.2. The molecule has 4 aromatic heterocycles. The molecule has 5 aliphatic rings. The van der Waals surface area contributed by atoms with E-state index in [1.165, 1.54) is 147 Å². The molecule has 131 heavy (non-hydrogen) atoms. The van der Waals surface area contributed by atoms with Gasteiger partial charge < -0.3 is 36.0 Å². The summed E-state index contributed by atoms with van der Waals surface area (Å²) in [5.41, 5.74) is 18.9. The molecule has 6 N–H and O–H groups in total. The number of aromatic hydroxyl groups is 4. The lowest BCUT2D eigenvalue weighted by Gasteiger charge is -2.37. The summed E-state index contributed by atoms with van der Waals surface area (Å²) in [4.78, 5) is 50.3. The highest BCUT2D eigenvalue weighted by Crippen LogP contribution is 2.35. The Morgan fingerprint density at radius 2 is 0.649 bits per heavy atom. The Labute approximate surface area is 779 Å². The first kappa shape index (κ1) is 96.1. The second-order valence-electron chi connectivity index (χ2n) is 37.0. The maximum Gasteiger partial charge on any atom is 0.128 e. The van der Waals surface area contributed by atoms with Gasteiger partial charge in [-0.3, -0.25) is 19.6 Å². The summed E-state index contributed by atoms with van der Waals surface area (Å²) in [6, 6.07) is 74.7. The van der Waals surface area contributed by atoms with Crippen LogP contribution < -0.4 is 10.6 Å². The number of phenols is 4. The number of rotatable bonds is 39. The van der Waals surface area contributed by atoms with Gasteiger partial charge in [-0.05, 0) is 334 Å². The molecule has 19 heteroatoms. The van der Waals surface area contributed by atoms with Crippen LogP contribution in [-0.2, 0) is 77.5 Å². The van der Waals surface area contributed by atoms with Gasteiger partial charge in [0.05, 0.1) is 22.8 Å². The van der Waals surface area contributed by atoms with E-state index in [4.69, 9.17) is 19.9 Å². The average molecular weight is 1760 g/mol. The fourth-order valence-corrected chi connectivity index (χ4v) is 19.0. The molecule has 17 rings (SSSR count). The van der Waals surface area contributed by atoms with E-state index in [0.717, 1.165) is 242 Å². The Morgan fingerprint density at radius 1 is 0.313 bits per heavy atom. The largest absolute Gasteiger partial charge is 0.508 e. The fourth-order valence-electron chi connectivity index (χ4n) is 19.0. The van der Waals surface area contributed by atoms with Gasteiger partial charge in [0, 0.05) is 131 Å². The van der Waals surface area contributed by atoms with E-state index >= 15 is 0 Å².